The monoisotopic (exact) mass is 261 g/mol. The lowest BCUT2D eigenvalue weighted by Gasteiger charge is -2.19. The van der Waals surface area contributed by atoms with Crippen LogP contribution in [0.2, 0.25) is 0 Å². The molecule has 2 nitrogen and oxygen atoms in total. The first kappa shape index (κ1) is 15.7. The highest BCUT2D eigenvalue weighted by Crippen LogP contribution is 2.18. The van der Waals surface area contributed by atoms with Gasteiger partial charge in [-0.25, -0.2) is 0 Å². The molecule has 0 aromatic heterocycles. The van der Waals surface area contributed by atoms with Crippen LogP contribution in [0.1, 0.15) is 63.6 Å². The molecule has 1 aromatic carbocycles. The summed E-state index contributed by atoms with van der Waals surface area (Å²) in [6.45, 7) is 8.50. The maximum atomic E-state index is 12.0. The molecule has 106 valence electrons. The molecule has 19 heavy (non-hydrogen) atoms. The number of hydrogen-bond acceptors (Lipinski definition) is 1. The van der Waals surface area contributed by atoms with Gasteiger partial charge >= 0.3 is 0 Å². The van der Waals surface area contributed by atoms with Crippen molar-refractivity contribution in [2.45, 2.75) is 59.4 Å². The summed E-state index contributed by atoms with van der Waals surface area (Å²) in [7, 11) is 0. The maximum absolute atomic E-state index is 12.0. The Kier molecular flexibility index (Phi) is 6.61. The molecule has 2 unspecified atom stereocenters. The van der Waals surface area contributed by atoms with Crippen molar-refractivity contribution in [3.63, 3.8) is 0 Å². The van der Waals surface area contributed by atoms with Crippen LogP contribution in [0.4, 0.5) is 0 Å². The van der Waals surface area contributed by atoms with Crippen LogP contribution in [0.3, 0.4) is 0 Å². The zero-order valence-corrected chi connectivity index (χ0v) is 12.7. The highest BCUT2D eigenvalue weighted by atomic mass is 16.1. The summed E-state index contributed by atoms with van der Waals surface area (Å²) in [5.41, 5.74) is 2.45. The first-order chi connectivity index (χ1) is 9.06. The lowest BCUT2D eigenvalue weighted by molar-refractivity contribution is -0.122. The molecule has 1 rings (SSSR count). The Bertz CT molecular complexity index is 383. The van der Waals surface area contributed by atoms with Gasteiger partial charge in [0.1, 0.15) is 0 Å². The van der Waals surface area contributed by atoms with E-state index in [1.54, 1.807) is 0 Å². The second kappa shape index (κ2) is 7.98. The first-order valence-electron chi connectivity index (χ1n) is 7.42. The van der Waals surface area contributed by atoms with Gasteiger partial charge < -0.3 is 5.32 Å². The fourth-order valence-electron chi connectivity index (χ4n) is 2.38. The molecule has 2 atom stereocenters. The van der Waals surface area contributed by atoms with Gasteiger partial charge in [-0.15, -0.1) is 0 Å². The van der Waals surface area contributed by atoms with E-state index in [0.29, 0.717) is 12.3 Å². The number of nitrogens with one attached hydrogen (secondary N) is 1. The van der Waals surface area contributed by atoms with E-state index in [-0.39, 0.29) is 11.9 Å². The quantitative estimate of drug-likeness (QED) is 0.775. The van der Waals surface area contributed by atoms with Gasteiger partial charge in [0.25, 0.3) is 0 Å². The normalized spacial score (nSPS) is 13.9. The molecule has 1 N–H and O–H groups in total. The maximum Gasteiger partial charge on any atom is 0.220 e. The molecule has 0 bridgehead atoms. The van der Waals surface area contributed by atoms with Crippen molar-refractivity contribution >= 4 is 5.91 Å². The van der Waals surface area contributed by atoms with E-state index in [1.165, 1.54) is 11.1 Å². The van der Waals surface area contributed by atoms with Gasteiger partial charge in [-0.3, -0.25) is 4.79 Å². The number of carbonyl (C=O) groups excluding carboxylic acids is 1. The van der Waals surface area contributed by atoms with Gasteiger partial charge in [-0.1, -0.05) is 63.4 Å². The fourth-order valence-corrected chi connectivity index (χ4v) is 2.38. The summed E-state index contributed by atoms with van der Waals surface area (Å²) >= 11 is 0. The fraction of sp³-hybridized carbons (Fsp3) is 0.588. The van der Waals surface area contributed by atoms with Crippen LogP contribution in [0.5, 0.6) is 0 Å². The van der Waals surface area contributed by atoms with Gasteiger partial charge in [0.15, 0.2) is 0 Å². The summed E-state index contributed by atoms with van der Waals surface area (Å²) in [5.74, 6) is 0.647. The molecule has 0 saturated heterocycles. The van der Waals surface area contributed by atoms with Gasteiger partial charge in [-0.2, -0.15) is 0 Å². The lowest BCUT2D eigenvalue weighted by atomic mass is 10.00. The second-order valence-corrected chi connectivity index (χ2v) is 5.54. The van der Waals surface area contributed by atoms with E-state index < -0.39 is 0 Å². The molecule has 1 aromatic rings. The van der Waals surface area contributed by atoms with Crippen molar-refractivity contribution in [1.29, 1.82) is 0 Å². The van der Waals surface area contributed by atoms with Gasteiger partial charge in [0.05, 0.1) is 6.04 Å². The average Bonchev–Trinajstić information content (AvgIpc) is 2.37. The van der Waals surface area contributed by atoms with E-state index >= 15 is 0 Å². The number of amides is 1. The molecule has 0 heterocycles. The Hall–Kier alpha value is -1.31. The van der Waals surface area contributed by atoms with Crippen molar-refractivity contribution in [3.8, 4) is 0 Å². The molecule has 0 saturated carbocycles. The number of hydrogen-bond donors (Lipinski definition) is 1. The van der Waals surface area contributed by atoms with Gasteiger partial charge in [0.2, 0.25) is 5.91 Å². The third-order valence-corrected chi connectivity index (χ3v) is 3.54. The third kappa shape index (κ3) is 5.46. The summed E-state index contributed by atoms with van der Waals surface area (Å²) < 4.78 is 0. The largest absolute Gasteiger partial charge is 0.349 e. The predicted octanol–water partition coefficient (Wildman–Crippen LogP) is 4.39. The van der Waals surface area contributed by atoms with Crippen LogP contribution in [-0.4, -0.2) is 5.91 Å². The van der Waals surface area contributed by atoms with Crippen LogP contribution >= 0.6 is 0 Å². The number of benzene rings is 1. The van der Waals surface area contributed by atoms with E-state index in [1.807, 2.05) is 0 Å². The molecular weight excluding hydrogens is 234 g/mol. The van der Waals surface area contributed by atoms with Gasteiger partial charge in [-0.05, 0) is 24.8 Å². The molecule has 0 radical (unpaired) electrons. The average molecular weight is 261 g/mol. The van der Waals surface area contributed by atoms with Crippen LogP contribution in [-0.2, 0) is 4.79 Å². The Morgan fingerprint density at radius 3 is 2.37 bits per heavy atom. The van der Waals surface area contributed by atoms with Crippen LogP contribution in [0.15, 0.2) is 24.3 Å². The second-order valence-electron chi connectivity index (χ2n) is 5.54. The zero-order valence-electron chi connectivity index (χ0n) is 12.7. The number of aryl methyl sites for hydroxylation is 1. The lowest BCUT2D eigenvalue weighted by Crippen LogP contribution is -2.29. The van der Waals surface area contributed by atoms with Crippen LogP contribution < -0.4 is 5.32 Å². The van der Waals surface area contributed by atoms with Crippen molar-refractivity contribution in [3.05, 3.63) is 35.4 Å². The minimum Gasteiger partial charge on any atom is -0.349 e. The van der Waals surface area contributed by atoms with Crippen molar-refractivity contribution in [2.24, 2.45) is 5.92 Å². The zero-order chi connectivity index (χ0) is 14.3. The van der Waals surface area contributed by atoms with Gasteiger partial charge in [0, 0.05) is 6.42 Å². The molecule has 0 spiro atoms. The molecule has 1 amide bonds. The van der Waals surface area contributed by atoms with E-state index in [4.69, 9.17) is 0 Å². The van der Waals surface area contributed by atoms with Crippen molar-refractivity contribution in [1.82, 2.24) is 5.32 Å². The number of carbonyl (C=O) groups is 1. The standard InChI is InChI=1S/C17H27NO/c1-5-7-14(4)12-17(19)18-16(6-2)15-10-8-13(3)9-11-15/h8-11,14,16H,5-7,12H2,1-4H3,(H,18,19). The minimum atomic E-state index is 0.141. The molecule has 0 aliphatic heterocycles. The summed E-state index contributed by atoms with van der Waals surface area (Å²) in [6.07, 6.45) is 3.82. The molecule has 2 heteroatoms. The smallest absolute Gasteiger partial charge is 0.220 e. The first-order valence-corrected chi connectivity index (χ1v) is 7.42. The Labute approximate surface area is 117 Å². The summed E-state index contributed by atoms with van der Waals surface area (Å²) in [6, 6.07) is 8.56. The summed E-state index contributed by atoms with van der Waals surface area (Å²) in [5, 5.41) is 3.15. The number of rotatable bonds is 7. The molecule has 0 fully saturated rings. The third-order valence-electron chi connectivity index (χ3n) is 3.54. The predicted molar refractivity (Wildman–Crippen MR) is 81.0 cm³/mol. The topological polar surface area (TPSA) is 29.1 Å². The van der Waals surface area contributed by atoms with Crippen LogP contribution in [0, 0.1) is 12.8 Å². The highest BCUT2D eigenvalue weighted by Gasteiger charge is 2.14. The Morgan fingerprint density at radius 1 is 1.21 bits per heavy atom. The highest BCUT2D eigenvalue weighted by molar-refractivity contribution is 5.76. The molecule has 0 aliphatic rings. The van der Waals surface area contributed by atoms with Crippen molar-refractivity contribution < 1.29 is 4.79 Å². The Balaban J connectivity index is 2.56. The minimum absolute atomic E-state index is 0.141. The molecular formula is C17H27NO. The van der Waals surface area contributed by atoms with Crippen molar-refractivity contribution in [2.75, 3.05) is 0 Å². The van der Waals surface area contributed by atoms with E-state index in [0.717, 1.165) is 19.3 Å². The van der Waals surface area contributed by atoms with E-state index in [2.05, 4.69) is 57.3 Å². The Morgan fingerprint density at radius 2 is 1.84 bits per heavy atom. The SMILES string of the molecule is CCCC(C)CC(=O)NC(CC)c1ccc(C)cc1. The summed E-state index contributed by atoms with van der Waals surface area (Å²) in [4.78, 5) is 12.0. The van der Waals surface area contributed by atoms with E-state index in [9.17, 15) is 4.79 Å². The molecule has 0 aliphatic carbocycles. The van der Waals surface area contributed by atoms with Crippen LogP contribution in [0.25, 0.3) is 0 Å².